The molecule has 326 valence electrons. The fraction of sp³-hybridized carbons (Fsp3) is 0.356. The van der Waals surface area contributed by atoms with Crippen LogP contribution in [0.4, 0.5) is 24.5 Å². The average molecular weight is 882 g/mol. The van der Waals surface area contributed by atoms with Crippen LogP contribution in [0, 0.1) is 6.92 Å². The molecule has 18 heteroatoms. The average Bonchev–Trinajstić information content (AvgIpc) is 3.99. The summed E-state index contributed by atoms with van der Waals surface area (Å²) < 4.78 is 55.4. The smallest absolute Gasteiger partial charge is 0.416 e. The van der Waals surface area contributed by atoms with Crippen molar-refractivity contribution in [3.63, 3.8) is 0 Å². The lowest BCUT2D eigenvalue weighted by molar-refractivity contribution is -0.137. The number of halogens is 4. The molecular formula is C45H43ClF3N9O5. The Hall–Kier alpha value is -6.33. The SMILES string of the molecule is CCC1CN(C(=O)c2ncnc(C)c2OCc2ccccc2)CCN1c1c2n(c3nc(-c4ccc5c(c4)COC5(C)C)nn3c1=O)C(C(=O)Nc1ccc(C(F)(F)F)cc1Cl)CC2. The number of rotatable bonds is 9. The second kappa shape index (κ2) is 16.1. The van der Waals surface area contributed by atoms with Gasteiger partial charge < -0.3 is 24.6 Å². The first-order valence-electron chi connectivity index (χ1n) is 20.7. The highest BCUT2D eigenvalue weighted by Crippen LogP contribution is 2.40. The fourth-order valence-electron chi connectivity index (χ4n) is 8.82. The lowest BCUT2D eigenvalue weighted by Gasteiger charge is -2.42. The summed E-state index contributed by atoms with van der Waals surface area (Å²) in [5, 5.41) is 7.19. The van der Waals surface area contributed by atoms with Gasteiger partial charge in [0, 0.05) is 31.2 Å². The Balaban J connectivity index is 1.07. The monoisotopic (exact) mass is 881 g/mol. The van der Waals surface area contributed by atoms with Crippen molar-refractivity contribution in [2.45, 2.75) is 84.0 Å². The molecule has 3 aromatic heterocycles. The lowest BCUT2D eigenvalue weighted by Crippen LogP contribution is -2.56. The Morgan fingerprint density at radius 1 is 1.05 bits per heavy atom. The number of nitrogens with zero attached hydrogens (tertiary/aromatic N) is 8. The van der Waals surface area contributed by atoms with Gasteiger partial charge in [-0.1, -0.05) is 61.0 Å². The van der Waals surface area contributed by atoms with Gasteiger partial charge in [-0.05, 0) is 81.0 Å². The van der Waals surface area contributed by atoms with Gasteiger partial charge in [-0.2, -0.15) is 22.7 Å². The van der Waals surface area contributed by atoms with Crippen LogP contribution in [0.25, 0.3) is 17.2 Å². The summed E-state index contributed by atoms with van der Waals surface area (Å²) in [6.45, 7) is 9.08. The molecule has 2 unspecified atom stereocenters. The van der Waals surface area contributed by atoms with E-state index in [2.05, 4.69) is 15.3 Å². The summed E-state index contributed by atoms with van der Waals surface area (Å²) >= 11 is 6.27. The minimum Gasteiger partial charge on any atom is -0.485 e. The molecule has 6 aromatic rings. The molecule has 1 saturated heterocycles. The predicted octanol–water partition coefficient (Wildman–Crippen LogP) is 7.54. The summed E-state index contributed by atoms with van der Waals surface area (Å²) in [5.74, 6) is -0.197. The van der Waals surface area contributed by atoms with E-state index in [4.69, 9.17) is 31.2 Å². The van der Waals surface area contributed by atoms with Crippen LogP contribution in [-0.2, 0) is 40.9 Å². The molecule has 0 radical (unpaired) electrons. The highest BCUT2D eigenvalue weighted by Gasteiger charge is 2.40. The summed E-state index contributed by atoms with van der Waals surface area (Å²) in [6.07, 6.45) is -2.19. The molecule has 2 amide bonds. The van der Waals surface area contributed by atoms with Crippen LogP contribution in [0.3, 0.4) is 0 Å². The zero-order chi connectivity index (χ0) is 44.4. The number of carbonyl (C=O) groups is 2. The summed E-state index contributed by atoms with van der Waals surface area (Å²) in [4.78, 5) is 60.5. The van der Waals surface area contributed by atoms with Crippen molar-refractivity contribution < 1.29 is 32.2 Å². The van der Waals surface area contributed by atoms with Crippen molar-refractivity contribution in [2.75, 3.05) is 29.9 Å². The minimum absolute atomic E-state index is 0.00480. The molecule has 0 aliphatic carbocycles. The van der Waals surface area contributed by atoms with E-state index in [9.17, 15) is 27.6 Å². The molecular weight excluding hydrogens is 839 g/mol. The van der Waals surface area contributed by atoms with Gasteiger partial charge in [0.25, 0.3) is 11.5 Å². The number of hydrogen-bond donors (Lipinski definition) is 1. The zero-order valence-electron chi connectivity index (χ0n) is 34.9. The Kier molecular flexibility index (Phi) is 10.7. The van der Waals surface area contributed by atoms with E-state index in [1.54, 1.807) is 16.4 Å². The van der Waals surface area contributed by atoms with Gasteiger partial charge >= 0.3 is 6.18 Å². The van der Waals surface area contributed by atoms with Crippen LogP contribution >= 0.6 is 11.6 Å². The molecule has 1 N–H and O–H groups in total. The molecule has 9 rings (SSSR count). The van der Waals surface area contributed by atoms with Gasteiger partial charge in [-0.25, -0.2) is 9.97 Å². The number of aromatic nitrogens is 6. The van der Waals surface area contributed by atoms with Crippen LogP contribution in [-0.4, -0.2) is 71.5 Å². The molecule has 1 fully saturated rings. The molecule has 6 heterocycles. The molecule has 3 aliphatic rings. The number of fused-ring (bicyclic) bond motifs is 4. The second-order valence-corrected chi connectivity index (χ2v) is 16.8. The van der Waals surface area contributed by atoms with Crippen molar-refractivity contribution in [3.05, 3.63) is 128 Å². The molecule has 0 bridgehead atoms. The maximum Gasteiger partial charge on any atom is 0.416 e. The summed E-state index contributed by atoms with van der Waals surface area (Å²) in [5.41, 5.74) is 3.26. The Morgan fingerprint density at radius 2 is 1.84 bits per heavy atom. The highest BCUT2D eigenvalue weighted by atomic mass is 35.5. The van der Waals surface area contributed by atoms with Gasteiger partial charge in [-0.15, -0.1) is 5.10 Å². The molecule has 14 nitrogen and oxygen atoms in total. The first-order valence-corrected chi connectivity index (χ1v) is 21.0. The van der Waals surface area contributed by atoms with Crippen LogP contribution in [0.2, 0.25) is 5.02 Å². The van der Waals surface area contributed by atoms with Gasteiger partial charge in [0.1, 0.15) is 24.7 Å². The van der Waals surface area contributed by atoms with E-state index in [1.165, 1.54) is 10.8 Å². The van der Waals surface area contributed by atoms with Crippen molar-refractivity contribution >= 4 is 40.6 Å². The quantitative estimate of drug-likeness (QED) is 0.154. The maximum absolute atomic E-state index is 14.9. The standard InChI is InChI=1S/C45H43ClF3N9O5/c1-5-30-21-55(41(60)36-38(25(2)50-24-51-36)62-22-26-9-7-6-8-10-26)17-18-56(30)37-34-15-16-35(40(59)52-33-14-12-29(20-32(33)46)45(47,48)49)57(34)43-53-39(54-58(43)42(37)61)27-11-13-31-28(19-27)23-63-44(31,3)4/h6-14,19-20,24,30,35H,5,15-18,21-23H2,1-4H3,(H,52,59). The van der Waals surface area contributed by atoms with Crippen LogP contribution in [0.5, 0.6) is 5.75 Å². The van der Waals surface area contributed by atoms with E-state index in [1.807, 2.05) is 74.2 Å². The normalized spacial score (nSPS) is 18.1. The number of ether oxygens (including phenoxy) is 2. The van der Waals surface area contributed by atoms with Crippen molar-refractivity contribution in [1.29, 1.82) is 0 Å². The van der Waals surface area contributed by atoms with Crippen molar-refractivity contribution in [2.24, 2.45) is 0 Å². The van der Waals surface area contributed by atoms with E-state index < -0.39 is 34.8 Å². The number of hydrogen-bond acceptors (Lipinski definition) is 10. The number of anilines is 2. The maximum atomic E-state index is 14.9. The summed E-state index contributed by atoms with van der Waals surface area (Å²) in [6, 6.07) is 16.8. The lowest BCUT2D eigenvalue weighted by atomic mass is 9.94. The zero-order valence-corrected chi connectivity index (χ0v) is 35.6. The number of piperazine rings is 1. The van der Waals surface area contributed by atoms with Gasteiger partial charge in [-0.3, -0.25) is 19.0 Å². The van der Waals surface area contributed by atoms with Gasteiger partial charge in [0.2, 0.25) is 11.7 Å². The largest absolute Gasteiger partial charge is 0.485 e. The highest BCUT2D eigenvalue weighted by molar-refractivity contribution is 6.33. The van der Waals surface area contributed by atoms with Gasteiger partial charge in [0.15, 0.2) is 17.3 Å². The molecule has 0 saturated carbocycles. The molecule has 3 aromatic carbocycles. The fourth-order valence-corrected chi connectivity index (χ4v) is 9.04. The third kappa shape index (κ3) is 7.66. The third-order valence-electron chi connectivity index (χ3n) is 12.1. The number of nitrogens with one attached hydrogen (secondary N) is 1. The van der Waals surface area contributed by atoms with Crippen LogP contribution < -0.4 is 20.5 Å². The Bertz CT molecular complexity index is 2850. The van der Waals surface area contributed by atoms with Crippen LogP contribution in [0.1, 0.15) is 83.8 Å². The van der Waals surface area contributed by atoms with E-state index in [0.29, 0.717) is 47.8 Å². The minimum atomic E-state index is -4.62. The topological polar surface area (TPSA) is 149 Å². The first-order chi connectivity index (χ1) is 30.1. The van der Waals surface area contributed by atoms with Crippen molar-refractivity contribution in [1.82, 2.24) is 34.0 Å². The molecule has 3 aliphatic heterocycles. The molecule has 2 atom stereocenters. The number of carbonyl (C=O) groups excluding carboxylic acids is 2. The number of aryl methyl sites for hydroxylation is 1. The number of amides is 2. The summed E-state index contributed by atoms with van der Waals surface area (Å²) in [7, 11) is 0. The second-order valence-electron chi connectivity index (χ2n) is 16.4. The van der Waals surface area contributed by atoms with Crippen LogP contribution in [0.15, 0.2) is 77.9 Å². The molecule has 0 spiro atoms. The Labute approximate surface area is 364 Å². The van der Waals surface area contributed by atoms with E-state index >= 15 is 0 Å². The number of alkyl halides is 3. The first kappa shape index (κ1) is 42.0. The predicted molar refractivity (Wildman–Crippen MR) is 228 cm³/mol. The number of benzene rings is 3. The van der Waals surface area contributed by atoms with Gasteiger partial charge in [0.05, 0.1) is 39.9 Å². The van der Waals surface area contributed by atoms with E-state index in [-0.39, 0.29) is 72.6 Å². The molecule has 63 heavy (non-hydrogen) atoms. The van der Waals surface area contributed by atoms with Crippen molar-refractivity contribution in [3.8, 4) is 17.1 Å². The Morgan fingerprint density at radius 3 is 2.59 bits per heavy atom. The van der Waals surface area contributed by atoms with E-state index in [0.717, 1.165) is 34.9 Å². The third-order valence-corrected chi connectivity index (χ3v) is 12.4.